The van der Waals surface area contributed by atoms with Gasteiger partial charge in [-0.25, -0.2) is 0 Å². The molecule has 3 heteroatoms. The monoisotopic (exact) mass is 205 g/mol. The smallest absolute Gasteiger partial charge is 0.124 e. The molecule has 0 saturated carbocycles. The maximum absolute atomic E-state index is 9.45. The third-order valence-electron chi connectivity index (χ3n) is 1.91. The minimum Gasteiger partial charge on any atom is -0.507 e. The molecule has 0 aliphatic heterocycles. The first-order valence-electron chi connectivity index (χ1n) is 4.90. The SMILES string of the molecule is CC/C=C(CO)/N=C/c1ccccc1O. The van der Waals surface area contributed by atoms with Crippen LogP contribution in [0.5, 0.6) is 5.75 Å². The number of phenols is 1. The molecule has 1 rings (SSSR count). The molecule has 80 valence electrons. The van der Waals surface area contributed by atoms with Gasteiger partial charge in [0.25, 0.3) is 0 Å². The molecule has 3 nitrogen and oxygen atoms in total. The standard InChI is InChI=1S/C12H15NO2/c1-2-5-11(9-14)13-8-10-6-3-4-7-12(10)15/h3-8,14-15H,2,9H2,1H3/b11-5+,13-8+. The minimum atomic E-state index is -0.0854. The first kappa shape index (κ1) is 11.5. The van der Waals surface area contributed by atoms with Gasteiger partial charge in [0.1, 0.15) is 5.75 Å². The summed E-state index contributed by atoms with van der Waals surface area (Å²) in [5.41, 5.74) is 1.26. The third kappa shape index (κ3) is 3.56. The summed E-state index contributed by atoms with van der Waals surface area (Å²) in [6.07, 6.45) is 4.22. The first-order valence-corrected chi connectivity index (χ1v) is 4.90. The van der Waals surface area contributed by atoms with E-state index in [9.17, 15) is 5.11 Å². The second-order valence-corrected chi connectivity index (χ2v) is 3.08. The number of phenolic OH excluding ortho intramolecular Hbond substituents is 1. The third-order valence-corrected chi connectivity index (χ3v) is 1.91. The largest absolute Gasteiger partial charge is 0.507 e. The molecular formula is C12H15NO2. The van der Waals surface area contributed by atoms with Crippen LogP contribution in [0.15, 0.2) is 41.0 Å². The van der Waals surface area contributed by atoms with E-state index in [1.54, 1.807) is 24.4 Å². The van der Waals surface area contributed by atoms with E-state index < -0.39 is 0 Å². The second-order valence-electron chi connectivity index (χ2n) is 3.08. The molecule has 0 aromatic heterocycles. The fraction of sp³-hybridized carbons (Fsp3) is 0.250. The van der Waals surface area contributed by atoms with Crippen molar-refractivity contribution in [2.45, 2.75) is 13.3 Å². The normalized spacial score (nSPS) is 12.3. The number of hydrogen-bond acceptors (Lipinski definition) is 3. The fourth-order valence-corrected chi connectivity index (χ4v) is 1.14. The number of benzene rings is 1. The Morgan fingerprint density at radius 3 is 2.73 bits per heavy atom. The molecule has 0 unspecified atom stereocenters. The van der Waals surface area contributed by atoms with E-state index in [0.29, 0.717) is 11.3 Å². The van der Waals surface area contributed by atoms with E-state index in [0.717, 1.165) is 6.42 Å². The molecule has 0 bridgehead atoms. The number of aliphatic hydroxyl groups excluding tert-OH is 1. The Morgan fingerprint density at radius 2 is 2.13 bits per heavy atom. The van der Waals surface area contributed by atoms with Gasteiger partial charge in [-0.05, 0) is 18.6 Å². The zero-order valence-electron chi connectivity index (χ0n) is 8.72. The molecule has 0 atom stereocenters. The highest BCUT2D eigenvalue weighted by molar-refractivity contribution is 5.83. The van der Waals surface area contributed by atoms with Crippen LogP contribution in [0.4, 0.5) is 0 Å². The van der Waals surface area contributed by atoms with Crippen LogP contribution in [-0.4, -0.2) is 23.0 Å². The van der Waals surface area contributed by atoms with Gasteiger partial charge in [-0.3, -0.25) is 4.99 Å². The number of aromatic hydroxyl groups is 1. The van der Waals surface area contributed by atoms with Crippen LogP contribution < -0.4 is 0 Å². The molecule has 0 radical (unpaired) electrons. The minimum absolute atomic E-state index is 0.0854. The van der Waals surface area contributed by atoms with Crippen molar-refractivity contribution >= 4 is 6.21 Å². The Hall–Kier alpha value is -1.61. The lowest BCUT2D eigenvalue weighted by molar-refractivity contribution is 0.329. The fourth-order valence-electron chi connectivity index (χ4n) is 1.14. The van der Waals surface area contributed by atoms with Crippen molar-refractivity contribution in [1.82, 2.24) is 0 Å². The van der Waals surface area contributed by atoms with E-state index in [-0.39, 0.29) is 12.4 Å². The highest BCUT2D eigenvalue weighted by atomic mass is 16.3. The summed E-state index contributed by atoms with van der Waals surface area (Å²) in [4.78, 5) is 4.09. The van der Waals surface area contributed by atoms with Crippen molar-refractivity contribution in [2.75, 3.05) is 6.61 Å². The van der Waals surface area contributed by atoms with Gasteiger partial charge in [-0.15, -0.1) is 0 Å². The van der Waals surface area contributed by atoms with E-state index in [2.05, 4.69) is 4.99 Å². The zero-order chi connectivity index (χ0) is 11.1. The summed E-state index contributed by atoms with van der Waals surface area (Å²) in [5, 5.41) is 18.4. The molecule has 0 amide bonds. The summed E-state index contributed by atoms with van der Waals surface area (Å²) >= 11 is 0. The van der Waals surface area contributed by atoms with Crippen LogP contribution in [-0.2, 0) is 0 Å². The van der Waals surface area contributed by atoms with Crippen LogP contribution in [0.2, 0.25) is 0 Å². The summed E-state index contributed by atoms with van der Waals surface area (Å²) < 4.78 is 0. The quantitative estimate of drug-likeness (QED) is 0.739. The highest BCUT2D eigenvalue weighted by Crippen LogP contribution is 2.13. The van der Waals surface area contributed by atoms with Crippen molar-refractivity contribution in [2.24, 2.45) is 4.99 Å². The van der Waals surface area contributed by atoms with Gasteiger partial charge in [0.2, 0.25) is 0 Å². The van der Waals surface area contributed by atoms with Crippen molar-refractivity contribution < 1.29 is 10.2 Å². The van der Waals surface area contributed by atoms with E-state index in [1.165, 1.54) is 0 Å². The molecule has 1 aromatic rings. The molecule has 0 aliphatic rings. The number of nitrogens with zero attached hydrogens (tertiary/aromatic N) is 1. The predicted octanol–water partition coefficient (Wildman–Crippen LogP) is 2.10. The van der Waals surface area contributed by atoms with Crippen molar-refractivity contribution in [3.05, 3.63) is 41.6 Å². The number of aliphatic imine (C=N–C) groups is 1. The lowest BCUT2D eigenvalue weighted by Crippen LogP contribution is -1.89. The maximum Gasteiger partial charge on any atom is 0.124 e. The lowest BCUT2D eigenvalue weighted by Gasteiger charge is -1.98. The van der Waals surface area contributed by atoms with Gasteiger partial charge in [-0.1, -0.05) is 25.1 Å². The molecule has 0 spiro atoms. The molecule has 0 fully saturated rings. The topological polar surface area (TPSA) is 52.8 Å². The van der Waals surface area contributed by atoms with E-state index >= 15 is 0 Å². The van der Waals surface area contributed by atoms with Crippen LogP contribution in [0.1, 0.15) is 18.9 Å². The molecule has 2 N–H and O–H groups in total. The molecule has 0 heterocycles. The molecule has 15 heavy (non-hydrogen) atoms. The summed E-state index contributed by atoms with van der Waals surface area (Å²) in [7, 11) is 0. The van der Waals surface area contributed by atoms with Gasteiger partial charge in [0, 0.05) is 11.8 Å². The summed E-state index contributed by atoms with van der Waals surface area (Å²) in [5.74, 6) is 0.190. The van der Waals surface area contributed by atoms with Crippen LogP contribution >= 0.6 is 0 Å². The lowest BCUT2D eigenvalue weighted by atomic mass is 10.2. The van der Waals surface area contributed by atoms with Crippen LogP contribution in [0.3, 0.4) is 0 Å². The van der Waals surface area contributed by atoms with Gasteiger partial charge >= 0.3 is 0 Å². The number of para-hydroxylation sites is 1. The molecule has 0 aliphatic carbocycles. The van der Waals surface area contributed by atoms with Gasteiger partial charge < -0.3 is 10.2 Å². The van der Waals surface area contributed by atoms with Gasteiger partial charge in [0.15, 0.2) is 0 Å². The molecular weight excluding hydrogens is 190 g/mol. The van der Waals surface area contributed by atoms with Crippen LogP contribution in [0.25, 0.3) is 0 Å². The molecule has 0 saturated heterocycles. The van der Waals surface area contributed by atoms with Crippen molar-refractivity contribution in [1.29, 1.82) is 0 Å². The molecule has 1 aromatic carbocycles. The Kier molecular flexibility index (Phi) is 4.57. The zero-order valence-corrected chi connectivity index (χ0v) is 8.72. The summed E-state index contributed by atoms with van der Waals surface area (Å²) in [6.45, 7) is 1.89. The second kappa shape index (κ2) is 5.98. The number of rotatable bonds is 4. The van der Waals surface area contributed by atoms with E-state index in [1.807, 2.05) is 19.1 Å². The summed E-state index contributed by atoms with van der Waals surface area (Å²) in [6, 6.07) is 6.94. The number of hydrogen-bond donors (Lipinski definition) is 2. The number of aliphatic hydroxyl groups is 1. The predicted molar refractivity (Wildman–Crippen MR) is 61.2 cm³/mol. The first-order chi connectivity index (χ1) is 7.27. The van der Waals surface area contributed by atoms with Gasteiger partial charge in [-0.2, -0.15) is 0 Å². The maximum atomic E-state index is 9.45. The van der Waals surface area contributed by atoms with E-state index in [4.69, 9.17) is 5.11 Å². The highest BCUT2D eigenvalue weighted by Gasteiger charge is 1.95. The van der Waals surface area contributed by atoms with Crippen LogP contribution in [0, 0.1) is 0 Å². The average molecular weight is 205 g/mol. The Bertz CT molecular complexity index is 370. The Labute approximate surface area is 89.4 Å². The number of allylic oxidation sites excluding steroid dienone is 1. The Balaban J connectivity index is 2.81. The van der Waals surface area contributed by atoms with Gasteiger partial charge in [0.05, 0.1) is 12.3 Å². The Morgan fingerprint density at radius 1 is 1.40 bits per heavy atom. The van der Waals surface area contributed by atoms with Crippen molar-refractivity contribution in [3.8, 4) is 5.75 Å². The average Bonchev–Trinajstić information content (AvgIpc) is 2.26. The van der Waals surface area contributed by atoms with Crippen molar-refractivity contribution in [3.63, 3.8) is 0 Å².